The second-order valence-electron chi connectivity index (χ2n) is 7.49. The second kappa shape index (κ2) is 10.8. The van der Waals surface area contributed by atoms with E-state index in [1.54, 1.807) is 24.1 Å². The highest BCUT2D eigenvalue weighted by Gasteiger charge is 2.26. The van der Waals surface area contributed by atoms with Gasteiger partial charge in [-0.2, -0.15) is 16.7 Å². The average Bonchev–Trinajstić information content (AvgIpc) is 3.46. The first-order valence-electron chi connectivity index (χ1n) is 10.4. The van der Waals surface area contributed by atoms with Gasteiger partial charge in [-0.1, -0.05) is 28.9 Å². The van der Waals surface area contributed by atoms with Gasteiger partial charge in [0, 0.05) is 24.4 Å². The number of thioether (sulfide) groups is 1. The summed E-state index contributed by atoms with van der Waals surface area (Å²) in [7, 11) is 0. The Morgan fingerprint density at radius 1 is 1.29 bits per heavy atom. The number of carbonyl (C=O) groups excluding carboxylic acids is 1. The fraction of sp³-hybridized carbons (Fsp3) is 0.409. The molecule has 0 radical (unpaired) electrons. The Morgan fingerprint density at radius 2 is 2.19 bits per heavy atom. The number of benzene rings is 1. The fourth-order valence-corrected chi connectivity index (χ4v) is 4.61. The SMILES string of the molecule is O=C(NCCSCc1ccco1)C1CCCN(Cc2nc(-c3ccccc3Cl)no2)C1. The smallest absolute Gasteiger partial charge is 0.241 e. The highest BCUT2D eigenvalue weighted by atomic mass is 35.5. The normalized spacial score (nSPS) is 17.0. The minimum absolute atomic E-state index is 0.0187. The zero-order valence-electron chi connectivity index (χ0n) is 17.1. The van der Waals surface area contributed by atoms with E-state index in [0.717, 1.165) is 42.2 Å². The van der Waals surface area contributed by atoms with E-state index < -0.39 is 0 Å². The lowest BCUT2D eigenvalue weighted by atomic mass is 9.97. The second-order valence-corrected chi connectivity index (χ2v) is 9.00. The van der Waals surface area contributed by atoms with Crippen LogP contribution in [0.3, 0.4) is 0 Å². The first-order chi connectivity index (χ1) is 15.2. The van der Waals surface area contributed by atoms with Crippen molar-refractivity contribution in [1.29, 1.82) is 0 Å². The van der Waals surface area contributed by atoms with E-state index in [1.165, 1.54) is 0 Å². The Hall–Kier alpha value is -2.29. The topological polar surface area (TPSA) is 84.4 Å². The number of rotatable bonds is 9. The molecule has 2 aromatic heterocycles. The Morgan fingerprint density at radius 3 is 3.03 bits per heavy atom. The summed E-state index contributed by atoms with van der Waals surface area (Å²) in [5.41, 5.74) is 0.750. The molecule has 0 aliphatic carbocycles. The molecule has 164 valence electrons. The molecule has 1 aliphatic heterocycles. The Balaban J connectivity index is 1.22. The molecule has 1 N–H and O–H groups in total. The van der Waals surface area contributed by atoms with Crippen molar-refractivity contribution >= 4 is 29.3 Å². The maximum absolute atomic E-state index is 12.6. The van der Waals surface area contributed by atoms with Crippen molar-refractivity contribution in [3.8, 4) is 11.4 Å². The summed E-state index contributed by atoms with van der Waals surface area (Å²) in [6.45, 7) is 2.79. The van der Waals surface area contributed by atoms with Gasteiger partial charge in [0.15, 0.2) is 0 Å². The number of nitrogens with one attached hydrogen (secondary N) is 1. The maximum Gasteiger partial charge on any atom is 0.241 e. The first-order valence-corrected chi connectivity index (χ1v) is 11.9. The molecule has 1 aromatic carbocycles. The third kappa shape index (κ3) is 6.12. The number of furan rings is 1. The molecule has 1 atom stereocenters. The molecule has 1 fully saturated rings. The number of hydrogen-bond donors (Lipinski definition) is 1. The molecule has 0 spiro atoms. The summed E-state index contributed by atoms with van der Waals surface area (Å²) in [4.78, 5) is 19.3. The van der Waals surface area contributed by atoms with E-state index in [2.05, 4.69) is 20.4 Å². The zero-order valence-corrected chi connectivity index (χ0v) is 18.7. The van der Waals surface area contributed by atoms with Gasteiger partial charge < -0.3 is 14.3 Å². The molecular formula is C22H25ClN4O3S. The molecule has 1 unspecified atom stereocenters. The van der Waals surface area contributed by atoms with Gasteiger partial charge >= 0.3 is 0 Å². The molecule has 1 amide bonds. The average molecular weight is 461 g/mol. The first kappa shape index (κ1) is 21.9. The Kier molecular flexibility index (Phi) is 7.66. The molecule has 3 aromatic rings. The predicted molar refractivity (Wildman–Crippen MR) is 121 cm³/mol. The number of amides is 1. The van der Waals surface area contributed by atoms with Gasteiger partial charge in [-0.25, -0.2) is 0 Å². The number of likely N-dealkylation sites (tertiary alicyclic amines) is 1. The quantitative estimate of drug-likeness (QED) is 0.478. The highest BCUT2D eigenvalue weighted by molar-refractivity contribution is 7.98. The molecule has 9 heteroatoms. The summed E-state index contributed by atoms with van der Waals surface area (Å²) in [6.07, 6.45) is 3.55. The van der Waals surface area contributed by atoms with Gasteiger partial charge in [0.1, 0.15) is 5.76 Å². The van der Waals surface area contributed by atoms with Crippen LogP contribution in [0.25, 0.3) is 11.4 Å². The summed E-state index contributed by atoms with van der Waals surface area (Å²) >= 11 is 7.97. The van der Waals surface area contributed by atoms with Gasteiger partial charge in [0.2, 0.25) is 17.6 Å². The predicted octanol–water partition coefficient (Wildman–Crippen LogP) is 4.24. The molecule has 1 aliphatic rings. The van der Waals surface area contributed by atoms with Gasteiger partial charge in [0.05, 0.1) is 29.5 Å². The van der Waals surface area contributed by atoms with E-state index in [4.69, 9.17) is 20.5 Å². The maximum atomic E-state index is 12.6. The molecule has 4 rings (SSSR count). The number of piperidine rings is 1. The lowest BCUT2D eigenvalue weighted by Gasteiger charge is -2.30. The van der Waals surface area contributed by atoms with Crippen LogP contribution in [0, 0.1) is 5.92 Å². The minimum atomic E-state index is -0.0187. The number of halogens is 1. The van der Waals surface area contributed by atoms with Crippen LogP contribution in [0.4, 0.5) is 0 Å². The minimum Gasteiger partial charge on any atom is -0.468 e. The van der Waals surface area contributed by atoms with Crippen LogP contribution >= 0.6 is 23.4 Å². The van der Waals surface area contributed by atoms with Crippen molar-refractivity contribution in [2.24, 2.45) is 5.92 Å². The van der Waals surface area contributed by atoms with Crippen LogP contribution in [0.2, 0.25) is 5.02 Å². The van der Waals surface area contributed by atoms with Crippen LogP contribution in [-0.4, -0.2) is 46.3 Å². The van der Waals surface area contributed by atoms with Crippen molar-refractivity contribution in [1.82, 2.24) is 20.4 Å². The van der Waals surface area contributed by atoms with E-state index in [0.29, 0.717) is 36.4 Å². The van der Waals surface area contributed by atoms with Crippen LogP contribution < -0.4 is 5.32 Å². The van der Waals surface area contributed by atoms with Crippen molar-refractivity contribution in [3.63, 3.8) is 0 Å². The van der Waals surface area contributed by atoms with Gasteiger partial charge in [0.25, 0.3) is 0 Å². The summed E-state index contributed by atoms with van der Waals surface area (Å²) < 4.78 is 10.7. The molecule has 1 saturated heterocycles. The zero-order chi connectivity index (χ0) is 21.5. The monoisotopic (exact) mass is 460 g/mol. The van der Waals surface area contributed by atoms with Crippen LogP contribution in [0.1, 0.15) is 24.5 Å². The highest BCUT2D eigenvalue weighted by Crippen LogP contribution is 2.25. The van der Waals surface area contributed by atoms with Gasteiger partial charge in [-0.15, -0.1) is 0 Å². The molecular weight excluding hydrogens is 436 g/mol. The van der Waals surface area contributed by atoms with Crippen molar-refractivity contribution < 1.29 is 13.7 Å². The van der Waals surface area contributed by atoms with Crippen molar-refractivity contribution in [2.75, 3.05) is 25.4 Å². The largest absolute Gasteiger partial charge is 0.468 e. The Labute approximate surface area is 190 Å². The van der Waals surface area contributed by atoms with E-state index in [1.807, 2.05) is 30.3 Å². The Bertz CT molecular complexity index is 979. The standard InChI is InChI=1S/C22H25ClN4O3S/c23-19-8-2-1-7-18(19)21-25-20(30-26-21)14-27-10-3-5-16(13-27)22(28)24-9-12-31-15-17-6-4-11-29-17/h1-2,4,6-8,11,16H,3,5,9-10,12-15H2,(H,24,28). The lowest BCUT2D eigenvalue weighted by Crippen LogP contribution is -2.43. The fourth-order valence-electron chi connectivity index (χ4n) is 3.63. The molecule has 0 bridgehead atoms. The molecule has 0 saturated carbocycles. The summed E-state index contributed by atoms with van der Waals surface area (Å²) in [5, 5.41) is 7.71. The molecule has 7 nitrogen and oxygen atoms in total. The van der Waals surface area contributed by atoms with Crippen molar-refractivity contribution in [3.05, 3.63) is 59.3 Å². The number of carbonyl (C=O) groups is 1. The van der Waals surface area contributed by atoms with E-state index in [-0.39, 0.29) is 11.8 Å². The lowest BCUT2D eigenvalue weighted by molar-refractivity contribution is -0.126. The van der Waals surface area contributed by atoms with Crippen LogP contribution in [0.5, 0.6) is 0 Å². The number of hydrogen-bond acceptors (Lipinski definition) is 7. The van der Waals surface area contributed by atoms with Crippen LogP contribution in [-0.2, 0) is 17.1 Å². The summed E-state index contributed by atoms with van der Waals surface area (Å²) in [5.74, 6) is 3.75. The van der Waals surface area contributed by atoms with E-state index >= 15 is 0 Å². The third-order valence-electron chi connectivity index (χ3n) is 5.19. The molecule has 3 heterocycles. The number of nitrogens with zero attached hydrogens (tertiary/aromatic N) is 3. The van der Waals surface area contributed by atoms with E-state index in [9.17, 15) is 4.79 Å². The summed E-state index contributed by atoms with van der Waals surface area (Å²) in [6, 6.07) is 11.3. The molecule has 31 heavy (non-hydrogen) atoms. The van der Waals surface area contributed by atoms with Crippen molar-refractivity contribution in [2.45, 2.75) is 25.1 Å². The van der Waals surface area contributed by atoms with Gasteiger partial charge in [-0.05, 0) is 43.7 Å². The third-order valence-corrected chi connectivity index (χ3v) is 6.50. The number of aromatic nitrogens is 2. The van der Waals surface area contributed by atoms with Crippen LogP contribution in [0.15, 0.2) is 51.6 Å². The van der Waals surface area contributed by atoms with Gasteiger partial charge in [-0.3, -0.25) is 9.69 Å².